The van der Waals surface area contributed by atoms with Crippen LogP contribution in [0.2, 0.25) is 5.02 Å². The maximum absolute atomic E-state index is 6.31. The molecule has 0 bridgehead atoms. The van der Waals surface area contributed by atoms with Crippen LogP contribution in [0.1, 0.15) is 29.8 Å². The molecule has 0 radical (unpaired) electrons. The molecule has 0 amide bonds. The van der Waals surface area contributed by atoms with Gasteiger partial charge in [-0.05, 0) is 70.8 Å². The van der Waals surface area contributed by atoms with Gasteiger partial charge in [-0.15, -0.1) is 11.3 Å². The molecule has 1 heterocycles. The smallest absolute Gasteiger partial charge is 0.0697 e. The molecule has 0 aliphatic rings. The van der Waals surface area contributed by atoms with E-state index in [1.807, 2.05) is 11.4 Å². The molecule has 1 N–H and O–H groups in total. The first-order valence-electron chi connectivity index (χ1n) is 6.04. The van der Waals surface area contributed by atoms with E-state index in [1.165, 1.54) is 14.0 Å². The summed E-state index contributed by atoms with van der Waals surface area (Å²) in [6, 6.07) is 8.51. The Labute approximate surface area is 145 Å². The van der Waals surface area contributed by atoms with E-state index in [2.05, 4.69) is 69.0 Å². The summed E-state index contributed by atoms with van der Waals surface area (Å²) in [5, 5.41) is 6.47. The van der Waals surface area contributed by atoms with Crippen LogP contribution >= 0.6 is 61.5 Å². The van der Waals surface area contributed by atoms with E-state index in [4.69, 9.17) is 11.6 Å². The minimum atomic E-state index is 0.150. The largest absolute Gasteiger partial charge is 0.306 e. The Morgan fingerprint density at radius 2 is 2.21 bits per heavy atom. The standard InChI is InChI=1S/C14H14BrClINS/c1-2-6-18-13(14-12(16)5-7-19-14)10-8-9(17)3-4-11(10)15/h3-5,7-8,13,18H,2,6H2,1H3. The Hall–Kier alpha value is 0.380. The van der Waals surface area contributed by atoms with Crippen molar-refractivity contribution >= 4 is 61.5 Å². The molecule has 0 aliphatic carbocycles. The summed E-state index contributed by atoms with van der Waals surface area (Å²) in [5.41, 5.74) is 1.24. The van der Waals surface area contributed by atoms with Gasteiger partial charge < -0.3 is 5.32 Å². The minimum Gasteiger partial charge on any atom is -0.306 e. The van der Waals surface area contributed by atoms with E-state index < -0.39 is 0 Å². The Balaban J connectivity index is 2.42. The van der Waals surface area contributed by atoms with Crippen LogP contribution in [-0.4, -0.2) is 6.54 Å². The first kappa shape index (κ1) is 15.8. The van der Waals surface area contributed by atoms with Gasteiger partial charge in [0.05, 0.1) is 11.1 Å². The number of thiophene rings is 1. The maximum atomic E-state index is 6.31. The van der Waals surface area contributed by atoms with Gasteiger partial charge in [0.2, 0.25) is 0 Å². The zero-order valence-corrected chi connectivity index (χ0v) is 15.7. The van der Waals surface area contributed by atoms with E-state index in [1.54, 1.807) is 11.3 Å². The van der Waals surface area contributed by atoms with E-state index >= 15 is 0 Å². The second-order valence-electron chi connectivity index (χ2n) is 4.19. The number of hydrogen-bond donors (Lipinski definition) is 1. The van der Waals surface area contributed by atoms with Gasteiger partial charge >= 0.3 is 0 Å². The van der Waals surface area contributed by atoms with Crippen LogP contribution in [0.5, 0.6) is 0 Å². The molecule has 1 atom stereocenters. The number of nitrogens with one attached hydrogen (secondary N) is 1. The maximum Gasteiger partial charge on any atom is 0.0697 e. The number of halogens is 3. The number of rotatable bonds is 5. The Morgan fingerprint density at radius 3 is 2.84 bits per heavy atom. The van der Waals surface area contributed by atoms with E-state index in [0.717, 1.165) is 22.5 Å². The van der Waals surface area contributed by atoms with Crippen LogP contribution in [0.4, 0.5) is 0 Å². The van der Waals surface area contributed by atoms with Gasteiger partial charge in [0.25, 0.3) is 0 Å². The molecular weight excluding hydrogens is 456 g/mol. The molecule has 1 aromatic carbocycles. The average molecular weight is 471 g/mol. The highest BCUT2D eigenvalue weighted by Gasteiger charge is 2.20. The van der Waals surface area contributed by atoms with Gasteiger partial charge in [0.15, 0.2) is 0 Å². The summed E-state index contributed by atoms with van der Waals surface area (Å²) >= 11 is 14.0. The molecule has 1 nitrogen and oxygen atoms in total. The lowest BCUT2D eigenvalue weighted by molar-refractivity contribution is 0.604. The first-order valence-corrected chi connectivity index (χ1v) is 9.17. The molecule has 0 saturated heterocycles. The molecule has 0 aliphatic heterocycles. The fraction of sp³-hybridized carbons (Fsp3) is 0.286. The molecule has 19 heavy (non-hydrogen) atoms. The molecule has 2 rings (SSSR count). The van der Waals surface area contributed by atoms with Crippen LogP contribution < -0.4 is 5.32 Å². The predicted molar refractivity (Wildman–Crippen MR) is 96.3 cm³/mol. The second kappa shape index (κ2) is 7.41. The molecule has 1 unspecified atom stereocenters. The molecule has 0 fully saturated rings. The van der Waals surface area contributed by atoms with E-state index in [9.17, 15) is 0 Å². The molecule has 2 aromatic rings. The highest BCUT2D eigenvalue weighted by Crippen LogP contribution is 2.36. The molecule has 0 spiro atoms. The van der Waals surface area contributed by atoms with Crippen molar-refractivity contribution in [2.75, 3.05) is 6.54 Å². The van der Waals surface area contributed by atoms with Gasteiger partial charge in [-0.25, -0.2) is 0 Å². The van der Waals surface area contributed by atoms with Crippen molar-refractivity contribution in [1.29, 1.82) is 0 Å². The lowest BCUT2D eigenvalue weighted by Gasteiger charge is -2.20. The van der Waals surface area contributed by atoms with Crippen LogP contribution in [0.15, 0.2) is 34.1 Å². The zero-order chi connectivity index (χ0) is 13.8. The zero-order valence-electron chi connectivity index (χ0n) is 10.4. The Morgan fingerprint density at radius 1 is 1.42 bits per heavy atom. The number of benzene rings is 1. The van der Waals surface area contributed by atoms with Crippen molar-refractivity contribution in [2.24, 2.45) is 0 Å². The SMILES string of the molecule is CCCNC(c1cc(I)ccc1Br)c1sccc1Cl. The quantitative estimate of drug-likeness (QED) is 0.540. The van der Waals surface area contributed by atoms with Crippen molar-refractivity contribution < 1.29 is 0 Å². The third-order valence-corrected chi connectivity index (χ3v) is 5.59. The average Bonchev–Trinajstić information content (AvgIpc) is 2.80. The summed E-state index contributed by atoms with van der Waals surface area (Å²) in [6.45, 7) is 3.14. The van der Waals surface area contributed by atoms with E-state index in [0.29, 0.717) is 0 Å². The Kier molecular flexibility index (Phi) is 6.14. The van der Waals surface area contributed by atoms with Crippen LogP contribution in [0, 0.1) is 3.57 Å². The third kappa shape index (κ3) is 3.94. The van der Waals surface area contributed by atoms with Gasteiger partial charge in [-0.2, -0.15) is 0 Å². The summed E-state index contributed by atoms with van der Waals surface area (Å²) in [7, 11) is 0. The van der Waals surface area contributed by atoms with Crippen LogP contribution in [0.3, 0.4) is 0 Å². The summed E-state index contributed by atoms with van der Waals surface area (Å²) < 4.78 is 2.35. The highest BCUT2D eigenvalue weighted by molar-refractivity contribution is 14.1. The van der Waals surface area contributed by atoms with Crippen molar-refractivity contribution in [3.05, 3.63) is 53.2 Å². The summed E-state index contributed by atoms with van der Waals surface area (Å²) in [4.78, 5) is 1.18. The summed E-state index contributed by atoms with van der Waals surface area (Å²) in [6.07, 6.45) is 1.10. The lowest BCUT2D eigenvalue weighted by Crippen LogP contribution is -2.23. The van der Waals surface area contributed by atoms with Gasteiger partial charge in [0, 0.05) is 12.9 Å². The molecule has 102 valence electrons. The van der Waals surface area contributed by atoms with Gasteiger partial charge in [-0.1, -0.05) is 34.5 Å². The Bertz CT molecular complexity index is 558. The fourth-order valence-corrected chi connectivity index (χ4v) is 4.13. The minimum absolute atomic E-state index is 0.150. The molecular formula is C14H14BrClINS. The van der Waals surface area contributed by atoms with Crippen molar-refractivity contribution in [3.63, 3.8) is 0 Å². The fourth-order valence-electron chi connectivity index (χ4n) is 1.88. The number of hydrogen-bond acceptors (Lipinski definition) is 2. The first-order chi connectivity index (χ1) is 9.13. The van der Waals surface area contributed by atoms with Gasteiger partial charge in [-0.3, -0.25) is 0 Å². The van der Waals surface area contributed by atoms with Crippen LogP contribution in [0.25, 0.3) is 0 Å². The summed E-state index contributed by atoms with van der Waals surface area (Å²) in [5.74, 6) is 0. The monoisotopic (exact) mass is 469 g/mol. The van der Waals surface area contributed by atoms with E-state index in [-0.39, 0.29) is 6.04 Å². The molecule has 1 aromatic heterocycles. The van der Waals surface area contributed by atoms with Crippen molar-refractivity contribution in [2.45, 2.75) is 19.4 Å². The second-order valence-corrected chi connectivity index (χ2v) is 7.64. The topological polar surface area (TPSA) is 12.0 Å². The van der Waals surface area contributed by atoms with Gasteiger partial charge in [0.1, 0.15) is 0 Å². The van der Waals surface area contributed by atoms with Crippen molar-refractivity contribution in [1.82, 2.24) is 5.32 Å². The highest BCUT2D eigenvalue weighted by atomic mass is 127. The van der Waals surface area contributed by atoms with Crippen LogP contribution in [-0.2, 0) is 0 Å². The predicted octanol–water partition coefficient (Wildman–Crippen LogP) is 5.86. The molecule has 5 heteroatoms. The van der Waals surface area contributed by atoms with Crippen molar-refractivity contribution in [3.8, 4) is 0 Å². The normalized spacial score (nSPS) is 12.6. The molecule has 0 saturated carbocycles. The third-order valence-electron chi connectivity index (χ3n) is 2.77. The lowest BCUT2D eigenvalue weighted by atomic mass is 10.1.